The maximum Gasteiger partial charge on any atom is 0.223 e. The van der Waals surface area contributed by atoms with Gasteiger partial charge in [-0.2, -0.15) is 0 Å². The Hall–Kier alpha value is -1.32. The molecule has 2 atom stereocenters. The second-order valence-electron chi connectivity index (χ2n) is 5.82. The number of rotatable bonds is 6. The first-order chi connectivity index (χ1) is 9.02. The summed E-state index contributed by atoms with van der Waals surface area (Å²) in [5, 5.41) is 2.97. The fraction of sp³-hybridized carbons (Fsp3) is 0.733. The lowest BCUT2D eigenvalue weighted by molar-refractivity contribution is -0.122. The van der Waals surface area contributed by atoms with Crippen LogP contribution in [0.25, 0.3) is 0 Å². The molecule has 19 heavy (non-hydrogen) atoms. The fourth-order valence-corrected chi connectivity index (χ4v) is 2.42. The second-order valence-corrected chi connectivity index (χ2v) is 5.82. The van der Waals surface area contributed by atoms with Crippen LogP contribution in [-0.4, -0.2) is 10.9 Å². The van der Waals surface area contributed by atoms with E-state index in [2.05, 4.69) is 17.2 Å². The van der Waals surface area contributed by atoms with Gasteiger partial charge in [0.2, 0.25) is 5.91 Å². The maximum atomic E-state index is 11.9. The van der Waals surface area contributed by atoms with E-state index in [1.807, 2.05) is 20.8 Å². The smallest absolute Gasteiger partial charge is 0.223 e. The van der Waals surface area contributed by atoms with Crippen molar-refractivity contribution in [2.45, 2.75) is 59.4 Å². The van der Waals surface area contributed by atoms with Crippen LogP contribution in [0.4, 0.5) is 0 Å². The zero-order valence-electron chi connectivity index (χ0n) is 12.3. The van der Waals surface area contributed by atoms with E-state index >= 15 is 0 Å². The third-order valence-electron chi connectivity index (χ3n) is 3.75. The molecule has 0 radical (unpaired) electrons. The number of hydrogen-bond acceptors (Lipinski definition) is 3. The first-order valence-corrected chi connectivity index (χ1v) is 7.26. The molecule has 0 bridgehead atoms. The number of nitrogens with zero attached hydrogens (tertiary/aromatic N) is 1. The van der Waals surface area contributed by atoms with Crippen LogP contribution < -0.4 is 5.32 Å². The molecule has 0 aromatic carbocycles. The minimum atomic E-state index is 0.167. The predicted octanol–water partition coefficient (Wildman–Crippen LogP) is 3.16. The summed E-state index contributed by atoms with van der Waals surface area (Å²) in [4.78, 5) is 16.3. The van der Waals surface area contributed by atoms with Crippen LogP contribution in [0.15, 0.2) is 4.42 Å². The van der Waals surface area contributed by atoms with Gasteiger partial charge in [-0.3, -0.25) is 4.79 Å². The molecule has 1 aromatic heterocycles. The normalized spacial score (nSPS) is 21.7. The van der Waals surface area contributed by atoms with Gasteiger partial charge in [0.1, 0.15) is 5.76 Å². The molecule has 0 aliphatic heterocycles. The van der Waals surface area contributed by atoms with Crippen molar-refractivity contribution in [3.8, 4) is 0 Å². The van der Waals surface area contributed by atoms with Gasteiger partial charge in [0, 0.05) is 11.8 Å². The Morgan fingerprint density at radius 2 is 2.26 bits per heavy atom. The Bertz CT molecular complexity index is 451. The van der Waals surface area contributed by atoms with Crippen LogP contribution in [0.2, 0.25) is 0 Å². The number of carbonyl (C=O) groups is 1. The van der Waals surface area contributed by atoms with Crippen LogP contribution in [0, 0.1) is 18.8 Å². The Kier molecular flexibility index (Phi) is 4.27. The van der Waals surface area contributed by atoms with Gasteiger partial charge in [-0.15, -0.1) is 0 Å². The van der Waals surface area contributed by atoms with Crippen molar-refractivity contribution in [1.29, 1.82) is 0 Å². The molecule has 1 N–H and O–H groups in total. The van der Waals surface area contributed by atoms with Crippen molar-refractivity contribution in [2.75, 3.05) is 0 Å². The molecular weight excluding hydrogens is 240 g/mol. The van der Waals surface area contributed by atoms with E-state index in [1.54, 1.807) is 0 Å². The molecule has 4 heteroatoms. The Morgan fingerprint density at radius 3 is 2.84 bits per heavy atom. The SMILES string of the molecule is CCC[C@@H]1C[C@H]1C(=O)NCc1oc(C(C)C)nc1C. The number of oxazole rings is 1. The largest absolute Gasteiger partial charge is 0.443 e. The van der Waals surface area contributed by atoms with Crippen LogP contribution in [0.5, 0.6) is 0 Å². The highest BCUT2D eigenvalue weighted by Crippen LogP contribution is 2.42. The molecule has 0 saturated heterocycles. The molecule has 1 aliphatic carbocycles. The standard InChI is InChI=1S/C15H24N2O2/c1-5-6-11-7-12(11)14(18)16-8-13-10(4)17-15(19-13)9(2)3/h9,11-12H,5-8H2,1-4H3,(H,16,18)/t11-,12-/m1/s1. The van der Waals surface area contributed by atoms with Crippen LogP contribution in [0.3, 0.4) is 0 Å². The molecule has 106 valence electrons. The molecular formula is C15H24N2O2. The Balaban J connectivity index is 1.84. The number of aromatic nitrogens is 1. The van der Waals surface area contributed by atoms with E-state index in [-0.39, 0.29) is 17.7 Å². The first kappa shape index (κ1) is 14.1. The van der Waals surface area contributed by atoms with Gasteiger partial charge >= 0.3 is 0 Å². The lowest BCUT2D eigenvalue weighted by Crippen LogP contribution is -2.25. The quantitative estimate of drug-likeness (QED) is 0.858. The number of nitrogens with one attached hydrogen (secondary N) is 1. The first-order valence-electron chi connectivity index (χ1n) is 7.26. The number of hydrogen-bond donors (Lipinski definition) is 1. The Labute approximate surface area is 115 Å². The average Bonchev–Trinajstić information content (AvgIpc) is 3.02. The Morgan fingerprint density at radius 1 is 1.53 bits per heavy atom. The van der Waals surface area contributed by atoms with E-state index < -0.39 is 0 Å². The van der Waals surface area contributed by atoms with E-state index in [4.69, 9.17) is 4.42 Å². The third kappa shape index (κ3) is 3.37. The summed E-state index contributed by atoms with van der Waals surface area (Å²) in [6.07, 6.45) is 3.37. The van der Waals surface area contributed by atoms with Crippen LogP contribution in [-0.2, 0) is 11.3 Å². The van der Waals surface area contributed by atoms with Gasteiger partial charge < -0.3 is 9.73 Å². The average molecular weight is 264 g/mol. The molecule has 1 amide bonds. The van der Waals surface area contributed by atoms with E-state index in [0.29, 0.717) is 12.5 Å². The molecule has 1 fully saturated rings. The number of aryl methyl sites for hydroxylation is 1. The second kappa shape index (κ2) is 5.76. The highest BCUT2D eigenvalue weighted by Gasteiger charge is 2.41. The van der Waals surface area contributed by atoms with E-state index in [0.717, 1.165) is 36.6 Å². The lowest BCUT2D eigenvalue weighted by Gasteiger charge is -2.03. The van der Waals surface area contributed by atoms with Gasteiger partial charge in [0.25, 0.3) is 0 Å². The summed E-state index contributed by atoms with van der Waals surface area (Å²) in [6, 6.07) is 0. The molecule has 2 rings (SSSR count). The minimum absolute atomic E-state index is 0.167. The topological polar surface area (TPSA) is 55.1 Å². The summed E-state index contributed by atoms with van der Waals surface area (Å²) in [7, 11) is 0. The lowest BCUT2D eigenvalue weighted by atomic mass is 10.2. The van der Waals surface area contributed by atoms with Gasteiger partial charge in [-0.25, -0.2) is 4.98 Å². The van der Waals surface area contributed by atoms with Crippen LogP contribution >= 0.6 is 0 Å². The molecule has 1 aliphatic rings. The maximum absolute atomic E-state index is 11.9. The monoisotopic (exact) mass is 264 g/mol. The van der Waals surface area contributed by atoms with Gasteiger partial charge in [0.15, 0.2) is 5.89 Å². The zero-order chi connectivity index (χ0) is 14.0. The summed E-state index contributed by atoms with van der Waals surface area (Å²) in [6.45, 7) is 8.65. The minimum Gasteiger partial charge on any atom is -0.443 e. The van der Waals surface area contributed by atoms with Crippen molar-refractivity contribution in [2.24, 2.45) is 11.8 Å². The molecule has 4 nitrogen and oxygen atoms in total. The summed E-state index contributed by atoms with van der Waals surface area (Å²) >= 11 is 0. The predicted molar refractivity (Wildman–Crippen MR) is 73.7 cm³/mol. The molecule has 1 aromatic rings. The van der Waals surface area contributed by atoms with Crippen LogP contribution in [0.1, 0.15) is 63.3 Å². The third-order valence-corrected chi connectivity index (χ3v) is 3.75. The van der Waals surface area contributed by atoms with E-state index in [9.17, 15) is 4.79 Å². The van der Waals surface area contributed by atoms with Crippen molar-refractivity contribution >= 4 is 5.91 Å². The van der Waals surface area contributed by atoms with Gasteiger partial charge in [0.05, 0.1) is 12.2 Å². The fourth-order valence-electron chi connectivity index (χ4n) is 2.42. The van der Waals surface area contributed by atoms with Gasteiger partial charge in [-0.05, 0) is 25.7 Å². The van der Waals surface area contributed by atoms with Crippen molar-refractivity contribution < 1.29 is 9.21 Å². The zero-order valence-corrected chi connectivity index (χ0v) is 12.3. The van der Waals surface area contributed by atoms with Gasteiger partial charge in [-0.1, -0.05) is 27.2 Å². The molecule has 1 saturated carbocycles. The highest BCUT2D eigenvalue weighted by molar-refractivity contribution is 5.81. The molecule has 1 heterocycles. The van der Waals surface area contributed by atoms with Crippen molar-refractivity contribution in [3.63, 3.8) is 0 Å². The van der Waals surface area contributed by atoms with Crippen molar-refractivity contribution in [3.05, 3.63) is 17.3 Å². The van der Waals surface area contributed by atoms with Crippen molar-refractivity contribution in [1.82, 2.24) is 10.3 Å². The summed E-state index contributed by atoms with van der Waals surface area (Å²) < 4.78 is 5.67. The van der Waals surface area contributed by atoms with E-state index in [1.165, 1.54) is 0 Å². The summed E-state index contributed by atoms with van der Waals surface area (Å²) in [5.74, 6) is 2.81. The highest BCUT2D eigenvalue weighted by atomic mass is 16.4. The molecule has 0 spiro atoms. The number of carbonyl (C=O) groups excluding carboxylic acids is 1. The molecule has 0 unspecified atom stereocenters. The summed E-state index contributed by atoms with van der Waals surface area (Å²) in [5.41, 5.74) is 0.880. The number of amides is 1.